The van der Waals surface area contributed by atoms with Gasteiger partial charge in [0.2, 0.25) is 15.9 Å². The molecular weight excluding hydrogens is 342 g/mol. The van der Waals surface area contributed by atoms with Gasteiger partial charge in [-0.15, -0.1) is 0 Å². The topological polar surface area (TPSA) is 79.0 Å². The molecule has 0 bridgehead atoms. The largest absolute Gasteiger partial charge is 0.495 e. The Balaban J connectivity index is 2.13. The maximum Gasteiger partial charge on any atom is 0.246 e. The van der Waals surface area contributed by atoms with E-state index in [1.54, 1.807) is 12.1 Å². The number of amides is 1. The molecule has 1 atom stereocenters. The summed E-state index contributed by atoms with van der Waals surface area (Å²) < 4.78 is 31.1. The van der Waals surface area contributed by atoms with Gasteiger partial charge in [-0.05, 0) is 43.5 Å². The first-order chi connectivity index (χ1) is 11.7. The van der Waals surface area contributed by atoms with Crippen LogP contribution < -0.4 is 10.1 Å². The van der Waals surface area contributed by atoms with Crippen molar-refractivity contribution in [2.24, 2.45) is 5.92 Å². The number of anilines is 1. The van der Waals surface area contributed by atoms with E-state index in [1.165, 1.54) is 33.7 Å². The van der Waals surface area contributed by atoms with Crippen molar-refractivity contribution in [2.45, 2.75) is 24.7 Å². The Labute approximate surface area is 150 Å². The molecule has 1 heterocycles. The fourth-order valence-corrected chi connectivity index (χ4v) is 4.06. The summed E-state index contributed by atoms with van der Waals surface area (Å²) in [5.41, 5.74) is 0.441. The van der Waals surface area contributed by atoms with Gasteiger partial charge >= 0.3 is 0 Å². The van der Waals surface area contributed by atoms with Crippen LogP contribution in [-0.4, -0.2) is 64.4 Å². The molecule has 0 spiro atoms. The number of nitrogens with zero attached hydrogens (tertiary/aromatic N) is 2. The quantitative estimate of drug-likeness (QED) is 0.824. The number of benzene rings is 1. The first-order valence-corrected chi connectivity index (χ1v) is 9.81. The van der Waals surface area contributed by atoms with Crippen LogP contribution in [0.15, 0.2) is 23.1 Å². The average molecular weight is 369 g/mol. The van der Waals surface area contributed by atoms with E-state index in [4.69, 9.17) is 4.74 Å². The molecule has 1 N–H and O–H groups in total. The van der Waals surface area contributed by atoms with E-state index in [0.29, 0.717) is 18.2 Å². The van der Waals surface area contributed by atoms with Crippen LogP contribution in [-0.2, 0) is 14.8 Å². The number of nitrogens with one attached hydrogen (secondary N) is 1. The Morgan fingerprint density at radius 1 is 1.40 bits per heavy atom. The van der Waals surface area contributed by atoms with Crippen LogP contribution in [0.2, 0.25) is 0 Å². The Hall–Kier alpha value is -1.64. The van der Waals surface area contributed by atoms with Crippen molar-refractivity contribution >= 4 is 21.6 Å². The van der Waals surface area contributed by atoms with E-state index in [-0.39, 0.29) is 16.6 Å². The second-order valence-corrected chi connectivity index (χ2v) is 8.80. The van der Waals surface area contributed by atoms with Crippen LogP contribution in [0.5, 0.6) is 5.75 Å². The molecule has 140 valence electrons. The number of hydrogen-bond acceptors (Lipinski definition) is 5. The fourth-order valence-electron chi connectivity index (χ4n) is 2.99. The van der Waals surface area contributed by atoms with Crippen molar-refractivity contribution in [2.75, 3.05) is 46.2 Å². The summed E-state index contributed by atoms with van der Waals surface area (Å²) in [6.07, 6.45) is 2.30. The minimum atomic E-state index is -3.67. The first kappa shape index (κ1) is 19.7. The maximum atomic E-state index is 12.4. The number of ether oxygens (including phenoxy) is 1. The van der Waals surface area contributed by atoms with Gasteiger partial charge in [0, 0.05) is 26.3 Å². The molecule has 0 aliphatic carbocycles. The molecule has 0 aromatic heterocycles. The highest BCUT2D eigenvalue weighted by molar-refractivity contribution is 7.89. The number of carbonyl (C=O) groups is 1. The van der Waals surface area contributed by atoms with Crippen molar-refractivity contribution in [3.05, 3.63) is 18.2 Å². The molecule has 0 radical (unpaired) electrons. The molecule has 0 saturated carbocycles. The van der Waals surface area contributed by atoms with Crippen LogP contribution in [0.25, 0.3) is 0 Å². The molecule has 1 aromatic carbocycles. The molecular formula is C17H27N3O4S. The van der Waals surface area contributed by atoms with Crippen LogP contribution in [0.1, 0.15) is 19.8 Å². The molecule has 0 unspecified atom stereocenters. The Bertz CT molecular complexity index is 719. The highest BCUT2D eigenvalue weighted by Gasteiger charge is 2.23. The highest BCUT2D eigenvalue weighted by Crippen LogP contribution is 2.28. The van der Waals surface area contributed by atoms with Crippen molar-refractivity contribution in [1.29, 1.82) is 0 Å². The third kappa shape index (κ3) is 4.93. The number of carbonyl (C=O) groups excluding carboxylic acids is 1. The zero-order valence-corrected chi connectivity index (χ0v) is 16.1. The zero-order valence-electron chi connectivity index (χ0n) is 15.3. The number of rotatable bonds is 6. The van der Waals surface area contributed by atoms with Gasteiger partial charge in [-0.25, -0.2) is 12.7 Å². The summed E-state index contributed by atoms with van der Waals surface area (Å²) in [6.45, 7) is 4.33. The fraction of sp³-hybridized carbons (Fsp3) is 0.588. The summed E-state index contributed by atoms with van der Waals surface area (Å²) in [7, 11) is 0.662. The van der Waals surface area contributed by atoms with Gasteiger partial charge in [-0.2, -0.15) is 0 Å². The number of piperidine rings is 1. The second-order valence-electron chi connectivity index (χ2n) is 6.68. The average Bonchev–Trinajstić information content (AvgIpc) is 2.54. The van der Waals surface area contributed by atoms with Gasteiger partial charge < -0.3 is 10.1 Å². The number of sulfonamides is 1. The number of methoxy groups -OCH3 is 1. The summed E-state index contributed by atoms with van der Waals surface area (Å²) in [4.78, 5) is 14.5. The maximum absolute atomic E-state index is 12.4. The predicted octanol–water partition coefficient (Wildman–Crippen LogP) is 1.62. The minimum absolute atomic E-state index is 0.0318. The summed E-state index contributed by atoms with van der Waals surface area (Å²) >= 11 is 0. The highest BCUT2D eigenvalue weighted by atomic mass is 32.2. The Kier molecular flexibility index (Phi) is 6.42. The minimum Gasteiger partial charge on any atom is -0.495 e. The lowest BCUT2D eigenvalue weighted by Gasteiger charge is -2.30. The number of hydrogen-bond donors (Lipinski definition) is 1. The molecule has 2 rings (SSSR count). The van der Waals surface area contributed by atoms with Crippen molar-refractivity contribution in [3.8, 4) is 5.75 Å². The molecule has 25 heavy (non-hydrogen) atoms. The number of likely N-dealkylation sites (tertiary alicyclic amines) is 1. The van der Waals surface area contributed by atoms with E-state index in [2.05, 4.69) is 17.1 Å². The predicted molar refractivity (Wildman–Crippen MR) is 97.3 cm³/mol. The summed E-state index contributed by atoms with van der Waals surface area (Å²) in [5, 5.41) is 2.79. The van der Waals surface area contributed by atoms with E-state index in [1.807, 2.05) is 0 Å². The summed E-state index contributed by atoms with van der Waals surface area (Å²) in [6, 6.07) is 4.63. The monoisotopic (exact) mass is 369 g/mol. The van der Waals surface area contributed by atoms with Gasteiger partial charge in [0.1, 0.15) is 10.6 Å². The molecule has 1 saturated heterocycles. The lowest BCUT2D eigenvalue weighted by molar-refractivity contribution is -0.117. The first-order valence-electron chi connectivity index (χ1n) is 8.37. The van der Waals surface area contributed by atoms with E-state index in [0.717, 1.165) is 23.8 Å². The van der Waals surface area contributed by atoms with Crippen molar-refractivity contribution in [3.63, 3.8) is 0 Å². The van der Waals surface area contributed by atoms with Gasteiger partial charge in [0.25, 0.3) is 0 Å². The zero-order chi connectivity index (χ0) is 18.6. The van der Waals surface area contributed by atoms with Gasteiger partial charge in [-0.1, -0.05) is 6.92 Å². The lowest BCUT2D eigenvalue weighted by atomic mass is 10.0. The molecule has 1 aliphatic rings. The standard InChI is InChI=1S/C17H27N3O4S/c1-13-6-5-9-20(11-13)12-17(21)18-14-7-8-15(24-4)16(10-14)25(22,23)19(2)3/h7-8,10,13H,5-6,9,11-12H2,1-4H3,(H,18,21)/t13-/m1/s1. The van der Waals surface area contributed by atoms with E-state index >= 15 is 0 Å². The van der Waals surface area contributed by atoms with Crippen LogP contribution >= 0.6 is 0 Å². The SMILES string of the molecule is COc1ccc(NC(=O)CN2CCC[C@@H](C)C2)cc1S(=O)(=O)N(C)C. The van der Waals surface area contributed by atoms with Crippen molar-refractivity contribution in [1.82, 2.24) is 9.21 Å². The lowest BCUT2D eigenvalue weighted by Crippen LogP contribution is -2.39. The summed E-state index contributed by atoms with van der Waals surface area (Å²) in [5.74, 6) is 0.698. The molecule has 1 fully saturated rings. The van der Waals surface area contributed by atoms with Crippen LogP contribution in [0.4, 0.5) is 5.69 Å². The third-order valence-electron chi connectivity index (χ3n) is 4.31. The van der Waals surface area contributed by atoms with E-state index < -0.39 is 10.0 Å². The van der Waals surface area contributed by atoms with Crippen LogP contribution in [0, 0.1) is 5.92 Å². The Morgan fingerprint density at radius 2 is 2.12 bits per heavy atom. The van der Waals surface area contributed by atoms with Crippen LogP contribution in [0.3, 0.4) is 0 Å². The van der Waals surface area contributed by atoms with Gasteiger partial charge in [-0.3, -0.25) is 9.69 Å². The third-order valence-corrected chi connectivity index (χ3v) is 6.15. The molecule has 7 nitrogen and oxygen atoms in total. The van der Waals surface area contributed by atoms with E-state index in [9.17, 15) is 13.2 Å². The molecule has 1 aliphatic heterocycles. The molecule has 1 amide bonds. The smallest absolute Gasteiger partial charge is 0.246 e. The molecule has 8 heteroatoms. The Morgan fingerprint density at radius 3 is 2.72 bits per heavy atom. The van der Waals surface area contributed by atoms with Gasteiger partial charge in [0.15, 0.2) is 0 Å². The second kappa shape index (κ2) is 8.16. The van der Waals surface area contributed by atoms with Gasteiger partial charge in [0.05, 0.1) is 13.7 Å². The normalized spacial score (nSPS) is 19.0. The molecule has 1 aromatic rings. The van der Waals surface area contributed by atoms with Crippen molar-refractivity contribution < 1.29 is 17.9 Å².